The summed E-state index contributed by atoms with van der Waals surface area (Å²) in [7, 11) is 0. The fourth-order valence-electron chi connectivity index (χ4n) is 3.30. The van der Waals surface area contributed by atoms with Crippen molar-refractivity contribution in [1.82, 2.24) is 9.80 Å². The largest absolute Gasteiger partial charge is 0.364 e. The number of carbonyl (C=O) groups is 2. The molecule has 2 amide bonds. The summed E-state index contributed by atoms with van der Waals surface area (Å²) in [4.78, 5) is 28.0. The SMILES string of the molecule is C=CCN1C(=O)CO[C@@H]2CN(C(=O)CCc3ccccc3)C[C@H]21. The van der Waals surface area contributed by atoms with E-state index in [1.165, 1.54) is 0 Å². The van der Waals surface area contributed by atoms with Crippen LogP contribution in [0.5, 0.6) is 0 Å². The van der Waals surface area contributed by atoms with Gasteiger partial charge < -0.3 is 14.5 Å². The van der Waals surface area contributed by atoms with E-state index in [0.717, 1.165) is 12.0 Å². The van der Waals surface area contributed by atoms with Gasteiger partial charge in [-0.2, -0.15) is 0 Å². The molecule has 0 spiro atoms. The molecule has 0 aliphatic carbocycles. The zero-order valence-electron chi connectivity index (χ0n) is 13.2. The van der Waals surface area contributed by atoms with Crippen LogP contribution in [-0.2, 0) is 20.7 Å². The highest BCUT2D eigenvalue weighted by molar-refractivity contribution is 5.80. The van der Waals surface area contributed by atoms with Gasteiger partial charge in [0, 0.05) is 26.1 Å². The quantitative estimate of drug-likeness (QED) is 0.769. The molecular weight excluding hydrogens is 292 g/mol. The Morgan fingerprint density at radius 1 is 1.30 bits per heavy atom. The van der Waals surface area contributed by atoms with Crippen molar-refractivity contribution in [2.75, 3.05) is 26.2 Å². The highest BCUT2D eigenvalue weighted by atomic mass is 16.5. The maximum Gasteiger partial charge on any atom is 0.249 e. The van der Waals surface area contributed by atoms with Gasteiger partial charge in [0.1, 0.15) is 6.61 Å². The summed E-state index contributed by atoms with van der Waals surface area (Å²) in [6, 6.07) is 9.96. The fourth-order valence-corrected chi connectivity index (χ4v) is 3.30. The second-order valence-electron chi connectivity index (χ2n) is 6.04. The van der Waals surface area contributed by atoms with Gasteiger partial charge in [-0.1, -0.05) is 36.4 Å². The molecule has 1 aromatic rings. The molecule has 5 heteroatoms. The number of ether oxygens (including phenoxy) is 1. The number of morpholine rings is 1. The van der Waals surface area contributed by atoms with Gasteiger partial charge in [-0.25, -0.2) is 0 Å². The second-order valence-corrected chi connectivity index (χ2v) is 6.04. The minimum atomic E-state index is -0.0756. The Morgan fingerprint density at radius 2 is 2.09 bits per heavy atom. The third-order valence-electron chi connectivity index (χ3n) is 4.53. The van der Waals surface area contributed by atoms with Crippen LogP contribution in [0.1, 0.15) is 12.0 Å². The fraction of sp³-hybridized carbons (Fsp3) is 0.444. The molecule has 5 nitrogen and oxygen atoms in total. The Bertz CT molecular complexity index is 587. The lowest BCUT2D eigenvalue weighted by atomic mass is 10.1. The van der Waals surface area contributed by atoms with Crippen LogP contribution in [-0.4, -0.2) is 60.0 Å². The maximum atomic E-state index is 12.5. The van der Waals surface area contributed by atoms with Gasteiger partial charge in [0.05, 0.1) is 12.1 Å². The van der Waals surface area contributed by atoms with Crippen molar-refractivity contribution in [2.24, 2.45) is 0 Å². The first kappa shape index (κ1) is 15.7. The predicted molar refractivity (Wildman–Crippen MR) is 86.8 cm³/mol. The molecule has 1 aromatic carbocycles. The van der Waals surface area contributed by atoms with E-state index < -0.39 is 0 Å². The van der Waals surface area contributed by atoms with E-state index in [0.29, 0.717) is 26.1 Å². The van der Waals surface area contributed by atoms with E-state index in [4.69, 9.17) is 4.74 Å². The average Bonchev–Trinajstić information content (AvgIpc) is 3.01. The summed E-state index contributed by atoms with van der Waals surface area (Å²) in [6.45, 7) is 5.44. The van der Waals surface area contributed by atoms with Crippen LogP contribution in [0.15, 0.2) is 43.0 Å². The molecule has 3 rings (SSSR count). The Hall–Kier alpha value is -2.14. The molecule has 0 aromatic heterocycles. The summed E-state index contributed by atoms with van der Waals surface area (Å²) in [5.41, 5.74) is 1.16. The van der Waals surface area contributed by atoms with Crippen molar-refractivity contribution in [3.8, 4) is 0 Å². The molecule has 2 aliphatic rings. The van der Waals surface area contributed by atoms with Crippen LogP contribution in [0.25, 0.3) is 0 Å². The van der Waals surface area contributed by atoms with E-state index in [1.807, 2.05) is 35.2 Å². The van der Waals surface area contributed by atoms with Gasteiger partial charge in [-0.15, -0.1) is 6.58 Å². The van der Waals surface area contributed by atoms with E-state index in [-0.39, 0.29) is 30.6 Å². The Balaban J connectivity index is 1.58. The van der Waals surface area contributed by atoms with Crippen LogP contribution in [0, 0.1) is 0 Å². The molecule has 0 saturated carbocycles. The van der Waals surface area contributed by atoms with Gasteiger partial charge in [-0.05, 0) is 12.0 Å². The molecule has 2 fully saturated rings. The van der Waals surface area contributed by atoms with Crippen molar-refractivity contribution < 1.29 is 14.3 Å². The maximum absolute atomic E-state index is 12.5. The lowest BCUT2D eigenvalue weighted by Crippen LogP contribution is -2.53. The number of rotatable bonds is 5. The average molecular weight is 314 g/mol. The van der Waals surface area contributed by atoms with Gasteiger partial charge in [0.2, 0.25) is 11.8 Å². The summed E-state index contributed by atoms with van der Waals surface area (Å²) < 4.78 is 5.61. The number of fused-ring (bicyclic) bond motifs is 1. The first-order valence-corrected chi connectivity index (χ1v) is 8.02. The summed E-state index contributed by atoms with van der Waals surface area (Å²) in [6.07, 6.45) is 2.87. The number of carbonyl (C=O) groups excluding carboxylic acids is 2. The summed E-state index contributed by atoms with van der Waals surface area (Å²) in [5, 5.41) is 0. The molecule has 2 heterocycles. The second kappa shape index (κ2) is 6.96. The molecule has 2 saturated heterocycles. The van der Waals surface area contributed by atoms with E-state index in [2.05, 4.69) is 6.58 Å². The third kappa shape index (κ3) is 3.45. The van der Waals surface area contributed by atoms with Crippen LogP contribution in [0.2, 0.25) is 0 Å². The van der Waals surface area contributed by atoms with E-state index in [1.54, 1.807) is 11.0 Å². The van der Waals surface area contributed by atoms with Crippen LogP contribution >= 0.6 is 0 Å². The molecular formula is C18H22N2O3. The number of amides is 2. The number of benzene rings is 1. The molecule has 2 aliphatic heterocycles. The summed E-state index contributed by atoms with van der Waals surface area (Å²) >= 11 is 0. The first-order chi connectivity index (χ1) is 11.2. The van der Waals surface area contributed by atoms with Crippen LogP contribution < -0.4 is 0 Å². The van der Waals surface area contributed by atoms with E-state index >= 15 is 0 Å². The lowest BCUT2D eigenvalue weighted by Gasteiger charge is -2.35. The van der Waals surface area contributed by atoms with Gasteiger partial charge >= 0.3 is 0 Å². The normalized spacial score (nSPS) is 23.7. The van der Waals surface area contributed by atoms with Gasteiger partial charge in [0.25, 0.3) is 0 Å². The Morgan fingerprint density at radius 3 is 2.83 bits per heavy atom. The molecule has 0 bridgehead atoms. The van der Waals surface area contributed by atoms with Crippen molar-refractivity contribution in [1.29, 1.82) is 0 Å². The highest BCUT2D eigenvalue weighted by Gasteiger charge is 2.43. The van der Waals surface area contributed by atoms with Crippen molar-refractivity contribution in [2.45, 2.75) is 25.0 Å². The molecule has 2 atom stereocenters. The topological polar surface area (TPSA) is 49.9 Å². The number of likely N-dealkylation sites (tertiary alicyclic amines) is 1. The summed E-state index contributed by atoms with van der Waals surface area (Å²) in [5.74, 6) is 0.0996. The van der Waals surface area contributed by atoms with Gasteiger partial charge in [0.15, 0.2) is 0 Å². The van der Waals surface area contributed by atoms with Crippen LogP contribution in [0.4, 0.5) is 0 Å². The predicted octanol–water partition coefficient (Wildman–Crippen LogP) is 1.24. The Labute approximate surface area is 136 Å². The zero-order valence-corrected chi connectivity index (χ0v) is 13.2. The monoisotopic (exact) mass is 314 g/mol. The van der Waals surface area contributed by atoms with Crippen molar-refractivity contribution >= 4 is 11.8 Å². The number of nitrogens with zero attached hydrogens (tertiary/aromatic N) is 2. The van der Waals surface area contributed by atoms with Crippen molar-refractivity contribution in [3.63, 3.8) is 0 Å². The lowest BCUT2D eigenvalue weighted by molar-refractivity contribution is -0.151. The molecule has 0 radical (unpaired) electrons. The molecule has 122 valence electrons. The van der Waals surface area contributed by atoms with Crippen LogP contribution in [0.3, 0.4) is 0 Å². The molecule has 0 N–H and O–H groups in total. The van der Waals surface area contributed by atoms with Crippen molar-refractivity contribution in [3.05, 3.63) is 48.6 Å². The Kier molecular flexibility index (Phi) is 4.76. The minimum Gasteiger partial charge on any atom is -0.364 e. The minimum absolute atomic E-state index is 0.0234. The van der Waals surface area contributed by atoms with E-state index in [9.17, 15) is 9.59 Å². The number of hydrogen-bond donors (Lipinski definition) is 0. The van der Waals surface area contributed by atoms with Gasteiger partial charge in [-0.3, -0.25) is 9.59 Å². The molecule has 0 unspecified atom stereocenters. The zero-order chi connectivity index (χ0) is 16.2. The third-order valence-corrected chi connectivity index (χ3v) is 4.53. The smallest absolute Gasteiger partial charge is 0.249 e. The molecule has 23 heavy (non-hydrogen) atoms. The highest BCUT2D eigenvalue weighted by Crippen LogP contribution is 2.24. The number of aryl methyl sites for hydroxylation is 1. The number of hydrogen-bond acceptors (Lipinski definition) is 3. The standard InChI is InChI=1S/C18H22N2O3/c1-2-10-20-15-11-19(12-16(15)23-13-18(20)22)17(21)9-8-14-6-4-3-5-7-14/h2-7,15-16H,1,8-13H2/t15-,16-/m1/s1. The first-order valence-electron chi connectivity index (χ1n) is 8.02.